The number of hydrazine groups is 1. The summed E-state index contributed by atoms with van der Waals surface area (Å²) in [5, 5.41) is 2.68. The van der Waals surface area contributed by atoms with E-state index in [1.807, 2.05) is 24.3 Å². The fourth-order valence-corrected chi connectivity index (χ4v) is 2.77. The van der Waals surface area contributed by atoms with Crippen LogP contribution in [0.25, 0.3) is 6.08 Å². The molecule has 7 nitrogen and oxygen atoms in total. The highest BCUT2D eigenvalue weighted by Gasteiger charge is 2.15. The fourth-order valence-electron chi connectivity index (χ4n) is 2.77. The van der Waals surface area contributed by atoms with Crippen molar-refractivity contribution < 1.29 is 19.1 Å². The summed E-state index contributed by atoms with van der Waals surface area (Å²) in [6.45, 7) is 0. The maximum Gasteiger partial charge on any atom is 0.286 e. The second kappa shape index (κ2) is 10.5. The first-order valence-electron chi connectivity index (χ1n) is 9.52. The molecule has 158 valence electrons. The second-order valence-electron chi connectivity index (χ2n) is 6.44. The van der Waals surface area contributed by atoms with E-state index in [9.17, 15) is 9.59 Å². The lowest BCUT2D eigenvalue weighted by Gasteiger charge is -2.13. The Morgan fingerprint density at radius 1 is 0.806 bits per heavy atom. The molecule has 2 amide bonds. The van der Waals surface area contributed by atoms with E-state index >= 15 is 0 Å². The van der Waals surface area contributed by atoms with E-state index in [1.54, 1.807) is 67.8 Å². The summed E-state index contributed by atoms with van der Waals surface area (Å²) in [4.78, 5) is 25.5. The molecule has 0 bridgehead atoms. The van der Waals surface area contributed by atoms with Crippen molar-refractivity contribution in [3.05, 3.63) is 95.7 Å². The second-order valence-corrected chi connectivity index (χ2v) is 6.44. The maximum atomic E-state index is 12.9. The van der Waals surface area contributed by atoms with E-state index in [-0.39, 0.29) is 5.70 Å². The van der Waals surface area contributed by atoms with Gasteiger partial charge in [0, 0.05) is 5.56 Å². The molecule has 0 radical (unpaired) electrons. The SMILES string of the molecule is COc1ccc(C=C(NC(=O)c2ccccc2)C(=O)NNc2ccccc2)cc1OC. The molecule has 0 atom stereocenters. The number of rotatable bonds is 8. The molecular formula is C24H23N3O4. The standard InChI is InChI=1S/C24H23N3O4/c1-30-21-14-13-17(16-22(21)31-2)15-20(25-23(28)18-9-5-3-6-10-18)24(29)27-26-19-11-7-4-8-12-19/h3-16,26H,1-2H3,(H,25,28)(H,27,29). The number of anilines is 1. The third-order valence-electron chi connectivity index (χ3n) is 4.34. The number of amides is 2. The van der Waals surface area contributed by atoms with Crippen LogP contribution in [0.15, 0.2) is 84.6 Å². The highest BCUT2D eigenvalue weighted by atomic mass is 16.5. The van der Waals surface area contributed by atoms with Crippen LogP contribution in [0.2, 0.25) is 0 Å². The molecule has 0 spiro atoms. The van der Waals surface area contributed by atoms with Gasteiger partial charge in [0.15, 0.2) is 11.5 Å². The molecular weight excluding hydrogens is 394 g/mol. The van der Waals surface area contributed by atoms with Gasteiger partial charge in [-0.1, -0.05) is 42.5 Å². The van der Waals surface area contributed by atoms with Gasteiger partial charge in [0.2, 0.25) is 0 Å². The van der Waals surface area contributed by atoms with Crippen molar-refractivity contribution in [2.75, 3.05) is 19.6 Å². The maximum absolute atomic E-state index is 12.9. The Morgan fingerprint density at radius 2 is 1.45 bits per heavy atom. The van der Waals surface area contributed by atoms with Crippen molar-refractivity contribution >= 4 is 23.6 Å². The zero-order chi connectivity index (χ0) is 22.1. The quantitative estimate of drug-likeness (QED) is 0.385. The Balaban J connectivity index is 1.86. The molecule has 7 heteroatoms. The minimum absolute atomic E-state index is 0.0597. The number of hydrogen-bond acceptors (Lipinski definition) is 5. The molecule has 31 heavy (non-hydrogen) atoms. The molecule has 3 aromatic carbocycles. The number of ether oxygens (including phenoxy) is 2. The van der Waals surface area contributed by atoms with Gasteiger partial charge >= 0.3 is 0 Å². The van der Waals surface area contributed by atoms with Crippen LogP contribution in [-0.4, -0.2) is 26.0 Å². The van der Waals surface area contributed by atoms with Gasteiger partial charge in [-0.25, -0.2) is 0 Å². The van der Waals surface area contributed by atoms with Crippen LogP contribution in [0.5, 0.6) is 11.5 Å². The third-order valence-corrected chi connectivity index (χ3v) is 4.34. The molecule has 0 saturated heterocycles. The van der Waals surface area contributed by atoms with Crippen LogP contribution in [0.4, 0.5) is 5.69 Å². The van der Waals surface area contributed by atoms with E-state index < -0.39 is 11.8 Å². The summed E-state index contributed by atoms with van der Waals surface area (Å²) < 4.78 is 10.6. The number of nitrogens with one attached hydrogen (secondary N) is 3. The predicted molar refractivity (Wildman–Crippen MR) is 120 cm³/mol. The smallest absolute Gasteiger partial charge is 0.286 e. The minimum atomic E-state index is -0.511. The van der Waals surface area contributed by atoms with Gasteiger partial charge < -0.3 is 14.8 Å². The van der Waals surface area contributed by atoms with Gasteiger partial charge in [-0.05, 0) is 48.0 Å². The first-order chi connectivity index (χ1) is 15.1. The van der Waals surface area contributed by atoms with Crippen molar-refractivity contribution in [1.29, 1.82) is 0 Å². The molecule has 3 N–H and O–H groups in total. The zero-order valence-electron chi connectivity index (χ0n) is 17.2. The van der Waals surface area contributed by atoms with Crippen LogP contribution >= 0.6 is 0 Å². The van der Waals surface area contributed by atoms with E-state index in [2.05, 4.69) is 16.2 Å². The Bertz CT molecular complexity index is 1070. The summed E-state index contributed by atoms with van der Waals surface area (Å²) in [5.74, 6) is 0.155. The summed E-state index contributed by atoms with van der Waals surface area (Å²) in [6.07, 6.45) is 1.56. The molecule has 0 fully saturated rings. The number of hydrogen-bond donors (Lipinski definition) is 3. The van der Waals surface area contributed by atoms with Gasteiger partial charge in [0.1, 0.15) is 5.70 Å². The van der Waals surface area contributed by atoms with Crippen molar-refractivity contribution in [3.63, 3.8) is 0 Å². The third kappa shape index (κ3) is 5.86. The molecule has 3 aromatic rings. The monoisotopic (exact) mass is 417 g/mol. The normalized spacial score (nSPS) is 10.7. The first kappa shape index (κ1) is 21.4. The molecule has 3 rings (SSSR count). The minimum Gasteiger partial charge on any atom is -0.493 e. The Hall–Kier alpha value is -4.26. The number of carbonyl (C=O) groups is 2. The average Bonchev–Trinajstić information content (AvgIpc) is 2.83. The summed E-state index contributed by atoms with van der Waals surface area (Å²) in [7, 11) is 3.07. The lowest BCUT2D eigenvalue weighted by molar-refractivity contribution is -0.117. The van der Waals surface area contributed by atoms with Gasteiger partial charge in [-0.2, -0.15) is 0 Å². The molecule has 0 aliphatic rings. The van der Waals surface area contributed by atoms with Gasteiger partial charge in [-0.3, -0.25) is 20.4 Å². The van der Waals surface area contributed by atoms with Crippen LogP contribution in [0.3, 0.4) is 0 Å². The number of methoxy groups -OCH3 is 2. The Labute approximate surface area is 180 Å². The van der Waals surface area contributed by atoms with Crippen LogP contribution in [0, 0.1) is 0 Å². The van der Waals surface area contributed by atoms with Crippen molar-refractivity contribution in [2.24, 2.45) is 0 Å². The summed E-state index contributed by atoms with van der Waals surface area (Å²) in [5.41, 5.74) is 7.28. The molecule has 0 saturated carbocycles. The topological polar surface area (TPSA) is 88.7 Å². The molecule has 0 aliphatic carbocycles. The first-order valence-corrected chi connectivity index (χ1v) is 9.52. The van der Waals surface area contributed by atoms with Crippen molar-refractivity contribution in [1.82, 2.24) is 10.7 Å². The van der Waals surface area contributed by atoms with E-state index in [4.69, 9.17) is 9.47 Å². The zero-order valence-corrected chi connectivity index (χ0v) is 17.2. The molecule has 0 heterocycles. The molecule has 0 aromatic heterocycles. The molecule has 0 aliphatic heterocycles. The van der Waals surface area contributed by atoms with Crippen LogP contribution in [0.1, 0.15) is 15.9 Å². The largest absolute Gasteiger partial charge is 0.493 e. The number of carbonyl (C=O) groups excluding carboxylic acids is 2. The van der Waals surface area contributed by atoms with Crippen LogP contribution in [-0.2, 0) is 4.79 Å². The van der Waals surface area contributed by atoms with Crippen molar-refractivity contribution in [3.8, 4) is 11.5 Å². The predicted octanol–water partition coefficient (Wildman–Crippen LogP) is 3.62. The van der Waals surface area contributed by atoms with Gasteiger partial charge in [0.25, 0.3) is 11.8 Å². The highest BCUT2D eigenvalue weighted by Crippen LogP contribution is 2.28. The number of benzene rings is 3. The van der Waals surface area contributed by atoms with E-state index in [1.165, 1.54) is 7.11 Å². The summed E-state index contributed by atoms with van der Waals surface area (Å²) >= 11 is 0. The van der Waals surface area contributed by atoms with Crippen molar-refractivity contribution in [2.45, 2.75) is 0 Å². The van der Waals surface area contributed by atoms with E-state index in [0.717, 1.165) is 0 Å². The van der Waals surface area contributed by atoms with E-state index in [0.29, 0.717) is 28.3 Å². The lowest BCUT2D eigenvalue weighted by atomic mass is 10.1. The summed E-state index contributed by atoms with van der Waals surface area (Å²) in [6, 6.07) is 23.0. The number of para-hydroxylation sites is 1. The highest BCUT2D eigenvalue weighted by molar-refractivity contribution is 6.05. The fraction of sp³-hybridized carbons (Fsp3) is 0.0833. The van der Waals surface area contributed by atoms with Crippen LogP contribution < -0.4 is 25.6 Å². The van der Waals surface area contributed by atoms with Gasteiger partial charge in [-0.15, -0.1) is 0 Å². The Kier molecular flexibility index (Phi) is 7.26. The average molecular weight is 417 g/mol. The lowest BCUT2D eigenvalue weighted by Crippen LogP contribution is -2.37. The van der Waals surface area contributed by atoms with Gasteiger partial charge in [0.05, 0.1) is 19.9 Å². The Morgan fingerprint density at radius 3 is 2.10 bits per heavy atom. The molecule has 0 unspecified atom stereocenters.